The number of hydrogen-bond acceptors (Lipinski definition) is 4. The molecule has 0 aliphatic rings. The SMILES string of the molecule is COc1ccc(NC(=O)c2cccc([Se]c3c[nH]c4ccc(-c5cnn(C)c5)cc34)c2)cc1OC. The number of aromatic nitrogens is 3. The van der Waals surface area contributed by atoms with Crippen LogP contribution < -0.4 is 23.7 Å². The molecule has 0 atom stereocenters. The predicted octanol–water partition coefficient (Wildman–Crippen LogP) is 3.49. The zero-order chi connectivity index (χ0) is 24.4. The Morgan fingerprint density at radius 2 is 1.86 bits per heavy atom. The van der Waals surface area contributed by atoms with Crippen molar-refractivity contribution in [2.45, 2.75) is 0 Å². The van der Waals surface area contributed by atoms with Crippen molar-refractivity contribution in [1.29, 1.82) is 0 Å². The maximum absolute atomic E-state index is 12.9. The number of nitrogens with zero attached hydrogens (tertiary/aromatic N) is 2. The first-order chi connectivity index (χ1) is 17.0. The Labute approximate surface area is 209 Å². The number of fused-ring (bicyclic) bond motifs is 1. The van der Waals surface area contributed by atoms with Crippen molar-refractivity contribution in [2.75, 3.05) is 19.5 Å². The van der Waals surface area contributed by atoms with Crippen LogP contribution >= 0.6 is 0 Å². The van der Waals surface area contributed by atoms with Crippen LogP contribution in [0, 0.1) is 0 Å². The fourth-order valence-corrected chi connectivity index (χ4v) is 5.94. The zero-order valence-corrected chi connectivity index (χ0v) is 21.2. The number of benzene rings is 3. The van der Waals surface area contributed by atoms with Gasteiger partial charge in [0.25, 0.3) is 0 Å². The summed E-state index contributed by atoms with van der Waals surface area (Å²) in [6.07, 6.45) is 5.95. The van der Waals surface area contributed by atoms with E-state index < -0.39 is 0 Å². The topological polar surface area (TPSA) is 81.2 Å². The number of aryl methyl sites for hydroxylation is 1. The van der Waals surface area contributed by atoms with Crippen molar-refractivity contribution in [2.24, 2.45) is 7.05 Å². The molecule has 0 saturated heterocycles. The summed E-state index contributed by atoms with van der Waals surface area (Å²) in [4.78, 5) is 16.3. The number of hydrogen-bond donors (Lipinski definition) is 2. The molecule has 3 aromatic carbocycles. The molecule has 5 rings (SSSR count). The van der Waals surface area contributed by atoms with Crippen LogP contribution in [0.3, 0.4) is 0 Å². The van der Waals surface area contributed by atoms with E-state index in [-0.39, 0.29) is 20.9 Å². The molecule has 2 N–H and O–H groups in total. The normalized spacial score (nSPS) is 10.9. The van der Waals surface area contributed by atoms with Gasteiger partial charge >= 0.3 is 209 Å². The Morgan fingerprint density at radius 3 is 2.63 bits per heavy atom. The summed E-state index contributed by atoms with van der Waals surface area (Å²) >= 11 is 0.0193. The Morgan fingerprint density at radius 1 is 1.00 bits per heavy atom. The molecule has 35 heavy (non-hydrogen) atoms. The van der Waals surface area contributed by atoms with Crippen molar-refractivity contribution in [3.63, 3.8) is 0 Å². The van der Waals surface area contributed by atoms with Crippen molar-refractivity contribution in [3.05, 3.63) is 84.8 Å². The number of ether oxygens (including phenoxy) is 2. The van der Waals surface area contributed by atoms with Crippen LogP contribution in [0.15, 0.2) is 79.3 Å². The van der Waals surface area contributed by atoms with Gasteiger partial charge in [0.15, 0.2) is 0 Å². The summed E-state index contributed by atoms with van der Waals surface area (Å²) in [5.74, 6) is 1.00. The van der Waals surface area contributed by atoms with Crippen molar-refractivity contribution in [1.82, 2.24) is 14.8 Å². The number of rotatable bonds is 7. The second kappa shape index (κ2) is 9.70. The third-order valence-corrected chi connectivity index (χ3v) is 7.84. The number of nitrogens with one attached hydrogen (secondary N) is 2. The summed E-state index contributed by atoms with van der Waals surface area (Å²) in [6.45, 7) is 0. The van der Waals surface area contributed by atoms with Crippen LogP contribution in [0.5, 0.6) is 11.5 Å². The Balaban J connectivity index is 1.37. The molecule has 5 aromatic rings. The molecule has 7 nitrogen and oxygen atoms in total. The first-order valence-corrected chi connectivity index (χ1v) is 12.7. The monoisotopic (exact) mass is 532 g/mol. The number of amides is 1. The standard InChI is InChI=1S/C27H24N4O3Se/c1-31-16-19(14-29-31)17-7-9-23-22(12-17)26(15-28-23)35-21-6-4-5-18(11-21)27(32)30-20-8-10-24(33-2)25(13-20)34-3/h4-16,28H,1-3H3,(H,30,32). The molecule has 2 heterocycles. The van der Waals surface area contributed by atoms with Crippen molar-refractivity contribution in [3.8, 4) is 22.6 Å². The van der Waals surface area contributed by atoms with E-state index in [1.807, 2.05) is 37.6 Å². The van der Waals surface area contributed by atoms with E-state index in [2.05, 4.69) is 45.9 Å². The van der Waals surface area contributed by atoms with Crippen LogP contribution in [0.2, 0.25) is 0 Å². The summed E-state index contributed by atoms with van der Waals surface area (Å²) < 4.78 is 14.8. The first-order valence-electron chi connectivity index (χ1n) is 11.0. The molecule has 0 aliphatic heterocycles. The van der Waals surface area contributed by atoms with E-state index in [1.54, 1.807) is 37.1 Å². The molecule has 0 spiro atoms. The third-order valence-electron chi connectivity index (χ3n) is 5.65. The van der Waals surface area contributed by atoms with Gasteiger partial charge in [-0.3, -0.25) is 0 Å². The minimum atomic E-state index is -0.173. The van der Waals surface area contributed by atoms with E-state index in [0.29, 0.717) is 22.7 Å². The molecule has 0 bridgehead atoms. The molecule has 0 unspecified atom stereocenters. The van der Waals surface area contributed by atoms with Crippen molar-refractivity contribution >= 4 is 46.4 Å². The number of carbonyl (C=O) groups is 1. The van der Waals surface area contributed by atoms with Gasteiger partial charge in [0.05, 0.1) is 0 Å². The van der Waals surface area contributed by atoms with Gasteiger partial charge in [0.1, 0.15) is 0 Å². The van der Waals surface area contributed by atoms with Crippen molar-refractivity contribution < 1.29 is 14.3 Å². The summed E-state index contributed by atoms with van der Waals surface area (Å²) in [6, 6.07) is 19.5. The zero-order valence-electron chi connectivity index (χ0n) is 19.5. The third kappa shape index (κ3) is 4.80. The molecule has 0 fully saturated rings. The number of H-pyrrole nitrogens is 1. The second-order valence-corrected chi connectivity index (χ2v) is 10.3. The van der Waals surface area contributed by atoms with E-state index in [4.69, 9.17) is 9.47 Å². The summed E-state index contributed by atoms with van der Waals surface area (Å²) in [5, 5.41) is 8.42. The van der Waals surface area contributed by atoms with E-state index in [0.717, 1.165) is 21.1 Å². The van der Waals surface area contributed by atoms with Gasteiger partial charge in [-0.1, -0.05) is 0 Å². The van der Waals surface area contributed by atoms with Gasteiger partial charge in [-0.15, -0.1) is 0 Å². The minimum absolute atomic E-state index is 0.0193. The first kappa shape index (κ1) is 22.8. The van der Waals surface area contributed by atoms with Crippen LogP contribution in [0.25, 0.3) is 22.0 Å². The molecule has 8 heteroatoms. The number of anilines is 1. The van der Waals surface area contributed by atoms with Crippen LogP contribution in [-0.4, -0.2) is 49.8 Å². The van der Waals surface area contributed by atoms with Gasteiger partial charge in [-0.05, 0) is 0 Å². The number of carbonyl (C=O) groups excluding carboxylic acids is 1. The van der Waals surface area contributed by atoms with Gasteiger partial charge in [0, 0.05) is 0 Å². The summed E-state index contributed by atoms with van der Waals surface area (Å²) in [5.41, 5.74) is 4.56. The average Bonchev–Trinajstić information content (AvgIpc) is 3.50. The van der Waals surface area contributed by atoms with Gasteiger partial charge < -0.3 is 0 Å². The fraction of sp³-hybridized carbons (Fsp3) is 0.111. The molecule has 2 aromatic heterocycles. The van der Waals surface area contributed by atoms with Crippen LogP contribution in [-0.2, 0) is 7.05 Å². The molecule has 0 radical (unpaired) electrons. The Bertz CT molecular complexity index is 1520. The second-order valence-electron chi connectivity index (χ2n) is 7.97. The van der Waals surface area contributed by atoms with Gasteiger partial charge in [0.2, 0.25) is 0 Å². The molecule has 0 saturated carbocycles. The Kier molecular flexibility index (Phi) is 6.31. The predicted molar refractivity (Wildman–Crippen MR) is 139 cm³/mol. The van der Waals surface area contributed by atoms with Gasteiger partial charge in [-0.25, -0.2) is 0 Å². The van der Waals surface area contributed by atoms with E-state index >= 15 is 0 Å². The van der Waals surface area contributed by atoms with Crippen LogP contribution in [0.4, 0.5) is 5.69 Å². The molecule has 1 amide bonds. The quantitative estimate of drug-likeness (QED) is 0.315. The molecule has 0 aliphatic carbocycles. The number of aromatic amines is 1. The molecular formula is C27H24N4O3Se. The molecule has 176 valence electrons. The van der Waals surface area contributed by atoms with E-state index in [1.165, 1.54) is 9.85 Å². The fourth-order valence-electron chi connectivity index (χ4n) is 3.87. The number of methoxy groups -OCH3 is 2. The maximum atomic E-state index is 12.9. The average molecular weight is 531 g/mol. The summed E-state index contributed by atoms with van der Waals surface area (Å²) in [7, 11) is 5.07. The van der Waals surface area contributed by atoms with Gasteiger partial charge in [-0.2, -0.15) is 0 Å². The Hall–Kier alpha value is -4.00. The van der Waals surface area contributed by atoms with Crippen LogP contribution in [0.1, 0.15) is 10.4 Å². The van der Waals surface area contributed by atoms with E-state index in [9.17, 15) is 4.79 Å². The molecular weight excluding hydrogens is 507 g/mol.